The molecule has 4 aliphatic rings. The number of hydrogen-bond donors (Lipinski definition) is 3. The Morgan fingerprint density at radius 3 is 2.12 bits per heavy atom. The number of amides is 1. The molecule has 3 N–H and O–H groups in total. The molecule has 4 aliphatic carbocycles. The molecule has 3 saturated carbocycles. The first-order valence-electron chi connectivity index (χ1n) is 19.9. The number of benzene rings is 2. The van der Waals surface area contributed by atoms with Gasteiger partial charge >= 0.3 is 24.0 Å². The molecule has 1 amide bonds. The van der Waals surface area contributed by atoms with Crippen molar-refractivity contribution in [3.63, 3.8) is 0 Å². The standard InChI is InChI=1S/C45H57NO11/c1-25-31-23-34(49)43(9)33(48)22-30-20-21-44(30,56-27(3)47)36(43)37(55-39(51)29-18-14-11-15-19-29)45(53,42(31,7)8)24-32(25)54-38(50)26(2)35(28-16-12-10-13-17-28)46-40(52)57-41(4,5)6/h10-19,26,30,32-33,35-37,48,53H,20-24H2,1-9H3,(H,46,52)/t26-,30-,32+,33+,35-,36+,37+,43+,44+,45-/m1/s1. The number of carbonyl (C=O) groups is 5. The number of alkyl carbamates (subject to hydrolysis) is 1. The number of nitrogens with one attached hydrogen (secondary N) is 1. The van der Waals surface area contributed by atoms with E-state index in [-0.39, 0.29) is 36.5 Å². The number of ketones is 1. The number of fused-ring (bicyclic) bond motifs is 5. The van der Waals surface area contributed by atoms with Gasteiger partial charge in [-0.05, 0) is 84.1 Å². The van der Waals surface area contributed by atoms with Crippen molar-refractivity contribution >= 4 is 29.8 Å². The number of aliphatic hydroxyl groups is 2. The summed E-state index contributed by atoms with van der Waals surface area (Å²) in [5.41, 5.74) is -5.18. The van der Waals surface area contributed by atoms with Crippen molar-refractivity contribution in [2.24, 2.45) is 28.6 Å². The minimum Gasteiger partial charge on any atom is -0.458 e. The second-order valence-electron chi connectivity index (χ2n) is 18.3. The molecule has 0 radical (unpaired) electrons. The maximum absolute atomic E-state index is 14.9. The van der Waals surface area contributed by atoms with E-state index in [2.05, 4.69) is 5.32 Å². The second kappa shape index (κ2) is 15.0. The fourth-order valence-corrected chi connectivity index (χ4v) is 10.1. The highest BCUT2D eigenvalue weighted by molar-refractivity contribution is 5.91. The van der Waals surface area contributed by atoms with Gasteiger partial charge in [-0.25, -0.2) is 9.59 Å². The minimum atomic E-state index is -2.04. The number of rotatable bonds is 8. The van der Waals surface area contributed by atoms with E-state index in [0.29, 0.717) is 29.6 Å². The average Bonchev–Trinajstić information content (AvgIpc) is 3.13. The van der Waals surface area contributed by atoms with E-state index >= 15 is 0 Å². The third kappa shape index (κ3) is 7.28. The smallest absolute Gasteiger partial charge is 0.408 e. The van der Waals surface area contributed by atoms with E-state index < -0.39 is 87.8 Å². The predicted octanol–water partition coefficient (Wildman–Crippen LogP) is 6.58. The van der Waals surface area contributed by atoms with Crippen molar-refractivity contribution in [1.29, 1.82) is 0 Å². The van der Waals surface area contributed by atoms with Crippen LogP contribution in [0.3, 0.4) is 0 Å². The van der Waals surface area contributed by atoms with E-state index in [1.807, 2.05) is 6.07 Å². The van der Waals surface area contributed by atoms with E-state index in [1.165, 1.54) is 6.92 Å². The lowest BCUT2D eigenvalue weighted by atomic mass is 9.41. The molecule has 0 aromatic heterocycles. The van der Waals surface area contributed by atoms with Crippen LogP contribution in [0.25, 0.3) is 0 Å². The van der Waals surface area contributed by atoms with E-state index in [9.17, 15) is 34.2 Å². The molecule has 57 heavy (non-hydrogen) atoms. The lowest BCUT2D eigenvalue weighted by Gasteiger charge is -2.67. The van der Waals surface area contributed by atoms with Crippen LogP contribution in [0.1, 0.15) is 116 Å². The van der Waals surface area contributed by atoms with Crippen LogP contribution in [0.2, 0.25) is 0 Å². The molecule has 2 aromatic rings. The lowest BCUT2D eigenvalue weighted by Crippen LogP contribution is -2.77. The quantitative estimate of drug-likeness (QED) is 0.150. The predicted molar refractivity (Wildman–Crippen MR) is 208 cm³/mol. The summed E-state index contributed by atoms with van der Waals surface area (Å²) in [4.78, 5) is 69.4. The zero-order chi connectivity index (χ0) is 41.9. The van der Waals surface area contributed by atoms with Crippen LogP contribution in [0.5, 0.6) is 0 Å². The van der Waals surface area contributed by atoms with Gasteiger partial charge in [0.25, 0.3) is 0 Å². The molecule has 0 aliphatic heterocycles. The molecule has 0 unspecified atom stereocenters. The fourth-order valence-electron chi connectivity index (χ4n) is 10.1. The van der Waals surface area contributed by atoms with Crippen LogP contribution >= 0.6 is 0 Å². The summed E-state index contributed by atoms with van der Waals surface area (Å²) in [7, 11) is 0. The normalized spacial score (nSPS) is 32.8. The monoisotopic (exact) mass is 787 g/mol. The average molecular weight is 788 g/mol. The Hall–Kier alpha value is -4.55. The van der Waals surface area contributed by atoms with Crippen LogP contribution in [0.15, 0.2) is 71.8 Å². The summed E-state index contributed by atoms with van der Waals surface area (Å²) < 4.78 is 24.5. The summed E-state index contributed by atoms with van der Waals surface area (Å²) in [5.74, 6) is -4.93. The van der Waals surface area contributed by atoms with E-state index in [0.717, 1.165) is 0 Å². The van der Waals surface area contributed by atoms with E-state index in [1.54, 1.807) is 110 Å². The van der Waals surface area contributed by atoms with Crippen LogP contribution in [0.4, 0.5) is 4.79 Å². The highest BCUT2D eigenvalue weighted by Gasteiger charge is 2.75. The molecule has 0 heterocycles. The molecule has 12 heteroatoms. The number of carbonyl (C=O) groups excluding carboxylic acids is 5. The van der Waals surface area contributed by atoms with Crippen molar-refractivity contribution in [3.05, 3.63) is 82.9 Å². The molecule has 6 rings (SSSR count). The zero-order valence-electron chi connectivity index (χ0n) is 34.4. The number of aliphatic hydroxyl groups excluding tert-OH is 1. The SMILES string of the molecule is CC(=O)O[C@@]12CC[C@@H]1C[C@H](O)[C@@]1(C)C(=O)CC3=C(C)[C@@H](OC(=O)[C@H](C)[C@@H](NC(=O)OC(C)(C)C)c4ccccc4)C[C@@](O)([C@@H](OC(=O)c4ccccc4)[C@H]21)C3(C)C. The van der Waals surface area contributed by atoms with Gasteiger partial charge in [0.1, 0.15) is 34.8 Å². The molecule has 12 nitrogen and oxygen atoms in total. The Bertz CT molecular complexity index is 1940. The van der Waals surface area contributed by atoms with Gasteiger partial charge in [-0.1, -0.05) is 68.0 Å². The zero-order valence-corrected chi connectivity index (χ0v) is 34.4. The van der Waals surface area contributed by atoms with Crippen molar-refractivity contribution in [3.8, 4) is 0 Å². The first-order valence-corrected chi connectivity index (χ1v) is 19.9. The first-order chi connectivity index (χ1) is 26.6. The lowest BCUT2D eigenvalue weighted by molar-refractivity contribution is -0.294. The van der Waals surface area contributed by atoms with Crippen molar-refractivity contribution in [2.75, 3.05) is 0 Å². The Balaban J connectivity index is 1.46. The van der Waals surface area contributed by atoms with Gasteiger partial charge in [0.05, 0.1) is 35.0 Å². The van der Waals surface area contributed by atoms with Crippen molar-refractivity contribution < 1.29 is 53.1 Å². The summed E-state index contributed by atoms with van der Waals surface area (Å²) >= 11 is 0. The largest absolute Gasteiger partial charge is 0.458 e. The Morgan fingerprint density at radius 1 is 0.947 bits per heavy atom. The Labute approximate surface area is 334 Å². The molecule has 2 bridgehead atoms. The van der Waals surface area contributed by atoms with Gasteiger partial charge in [0, 0.05) is 31.1 Å². The van der Waals surface area contributed by atoms with Crippen LogP contribution in [-0.2, 0) is 33.3 Å². The summed E-state index contributed by atoms with van der Waals surface area (Å²) in [6.45, 7) is 15.0. The van der Waals surface area contributed by atoms with Crippen molar-refractivity contribution in [1.82, 2.24) is 5.32 Å². The third-order valence-corrected chi connectivity index (χ3v) is 13.5. The van der Waals surface area contributed by atoms with Crippen LogP contribution < -0.4 is 5.32 Å². The summed E-state index contributed by atoms with van der Waals surface area (Å²) in [6.07, 6.45) is -3.91. The molecular formula is C45H57NO11. The van der Waals surface area contributed by atoms with Crippen LogP contribution in [-0.4, -0.2) is 75.1 Å². The molecule has 308 valence electrons. The Kier molecular flexibility index (Phi) is 11.1. The summed E-state index contributed by atoms with van der Waals surface area (Å²) in [5, 5.41) is 28.3. The molecule has 2 aromatic carbocycles. The number of Topliss-reactive ketones (excluding diaryl/α,β-unsaturated/α-hetero) is 1. The van der Waals surface area contributed by atoms with Gasteiger partial charge in [-0.3, -0.25) is 14.4 Å². The van der Waals surface area contributed by atoms with E-state index in [4.69, 9.17) is 18.9 Å². The molecule has 3 fully saturated rings. The number of ether oxygens (including phenoxy) is 4. The van der Waals surface area contributed by atoms with Gasteiger partial charge in [-0.15, -0.1) is 0 Å². The highest BCUT2D eigenvalue weighted by atomic mass is 16.6. The Morgan fingerprint density at radius 2 is 1.56 bits per heavy atom. The molecule has 0 saturated heterocycles. The fraction of sp³-hybridized carbons (Fsp3) is 0.578. The topological polar surface area (TPSA) is 175 Å². The summed E-state index contributed by atoms with van der Waals surface area (Å²) in [6, 6.07) is 16.3. The number of hydrogen-bond acceptors (Lipinski definition) is 11. The van der Waals surface area contributed by atoms with Crippen molar-refractivity contribution in [2.45, 2.75) is 136 Å². The first kappa shape index (κ1) is 42.1. The maximum atomic E-state index is 14.9. The molecule has 10 atom stereocenters. The highest BCUT2D eigenvalue weighted by Crippen LogP contribution is 2.67. The van der Waals surface area contributed by atoms with Crippen LogP contribution in [0, 0.1) is 28.6 Å². The van der Waals surface area contributed by atoms with Gasteiger partial charge in [0.2, 0.25) is 0 Å². The third-order valence-electron chi connectivity index (χ3n) is 13.5. The minimum absolute atomic E-state index is 0.184. The molecular weight excluding hydrogens is 730 g/mol. The van der Waals surface area contributed by atoms with Gasteiger partial charge in [-0.2, -0.15) is 0 Å². The number of esters is 3. The van der Waals surface area contributed by atoms with Gasteiger partial charge in [0.15, 0.2) is 0 Å². The molecule has 0 spiro atoms. The maximum Gasteiger partial charge on any atom is 0.408 e. The van der Waals surface area contributed by atoms with Gasteiger partial charge < -0.3 is 34.5 Å². The second-order valence-corrected chi connectivity index (χ2v) is 18.3.